The van der Waals surface area contributed by atoms with Gasteiger partial charge in [-0.15, -0.1) is 10.2 Å². The fourth-order valence-electron chi connectivity index (χ4n) is 3.24. The van der Waals surface area contributed by atoms with E-state index in [4.69, 9.17) is 0 Å². The number of imidazole rings is 1. The maximum absolute atomic E-state index is 13.3. The Balaban J connectivity index is 1.88. The second kappa shape index (κ2) is 6.87. The minimum absolute atomic E-state index is 0.258. The van der Waals surface area contributed by atoms with Crippen molar-refractivity contribution in [3.8, 4) is 5.69 Å². The zero-order valence-electron chi connectivity index (χ0n) is 15.8. The first kappa shape index (κ1) is 19.4. The first-order valence-electron chi connectivity index (χ1n) is 8.73. The molecule has 0 aliphatic heterocycles. The summed E-state index contributed by atoms with van der Waals surface area (Å²) in [5, 5.41) is 7.69. The van der Waals surface area contributed by atoms with Gasteiger partial charge < -0.3 is 4.57 Å². The van der Waals surface area contributed by atoms with E-state index < -0.39 is 17.4 Å². The molecule has 1 amide bonds. The summed E-state index contributed by atoms with van der Waals surface area (Å²) in [6.07, 6.45) is -0.776. The van der Waals surface area contributed by atoms with E-state index in [-0.39, 0.29) is 17.4 Å². The normalized spacial score (nSPS) is 11.8. The summed E-state index contributed by atoms with van der Waals surface area (Å²) in [5.41, 5.74) is -1.17. The van der Waals surface area contributed by atoms with E-state index in [1.54, 1.807) is 29.8 Å². The maximum atomic E-state index is 13.3. The van der Waals surface area contributed by atoms with Gasteiger partial charge in [-0.1, -0.05) is 6.07 Å². The predicted octanol–water partition coefficient (Wildman–Crippen LogP) is 2.92. The highest BCUT2D eigenvalue weighted by Crippen LogP contribution is 2.32. The van der Waals surface area contributed by atoms with E-state index in [1.807, 2.05) is 0 Å². The molecule has 3 aromatic heterocycles. The molecule has 0 unspecified atom stereocenters. The van der Waals surface area contributed by atoms with Crippen molar-refractivity contribution in [3.63, 3.8) is 0 Å². The van der Waals surface area contributed by atoms with Gasteiger partial charge in [-0.2, -0.15) is 13.2 Å². The van der Waals surface area contributed by atoms with Gasteiger partial charge in [0, 0.05) is 26.4 Å². The lowest BCUT2D eigenvalue weighted by atomic mass is 10.2. The Bertz CT molecular complexity index is 1320. The Morgan fingerprint density at radius 3 is 2.57 bits per heavy atom. The number of hydrogen-bond donors (Lipinski definition) is 0. The van der Waals surface area contributed by atoms with Crippen LogP contribution in [0.25, 0.3) is 11.2 Å². The van der Waals surface area contributed by atoms with Gasteiger partial charge in [-0.3, -0.25) is 13.8 Å². The van der Waals surface area contributed by atoms with Crippen LogP contribution in [0.15, 0.2) is 59.9 Å². The number of carbonyl (C=O) groups excluding carboxylic acids is 1. The van der Waals surface area contributed by atoms with Crippen LogP contribution in [0.2, 0.25) is 0 Å². The molecule has 4 aromatic rings. The van der Waals surface area contributed by atoms with Crippen molar-refractivity contribution < 1.29 is 18.0 Å². The molecular formula is C19H15F3N6O2. The quantitative estimate of drug-likeness (QED) is 0.515. The lowest BCUT2D eigenvalue weighted by molar-refractivity contribution is -0.136. The highest BCUT2D eigenvalue weighted by Gasteiger charge is 2.33. The largest absolute Gasteiger partial charge is 0.418 e. The maximum Gasteiger partial charge on any atom is 0.418 e. The monoisotopic (exact) mass is 416 g/mol. The Hall–Kier alpha value is -3.89. The number of benzene rings is 1. The third-order valence-corrected chi connectivity index (χ3v) is 4.57. The van der Waals surface area contributed by atoms with Crippen molar-refractivity contribution in [2.24, 2.45) is 7.05 Å². The summed E-state index contributed by atoms with van der Waals surface area (Å²) < 4.78 is 43.6. The molecule has 1 aromatic carbocycles. The molecule has 4 rings (SSSR count). The summed E-state index contributed by atoms with van der Waals surface area (Å²) in [4.78, 5) is 26.3. The van der Waals surface area contributed by atoms with Crippen LogP contribution in [0.3, 0.4) is 0 Å². The Morgan fingerprint density at radius 2 is 1.93 bits per heavy atom. The van der Waals surface area contributed by atoms with Gasteiger partial charge in [0.15, 0.2) is 0 Å². The molecule has 8 nitrogen and oxygen atoms in total. The van der Waals surface area contributed by atoms with Gasteiger partial charge in [-0.25, -0.2) is 9.69 Å². The van der Waals surface area contributed by atoms with Gasteiger partial charge in [0.05, 0.1) is 22.5 Å². The van der Waals surface area contributed by atoms with Crippen molar-refractivity contribution in [3.05, 3.63) is 71.2 Å². The molecule has 3 heterocycles. The molecule has 0 atom stereocenters. The fourth-order valence-corrected chi connectivity index (χ4v) is 3.24. The lowest BCUT2D eigenvalue weighted by Gasteiger charge is -2.20. The molecule has 0 aliphatic rings. The topological polar surface area (TPSA) is 77.4 Å². The molecule has 0 spiro atoms. The number of fused-ring (bicyclic) bond motifs is 1. The molecule has 30 heavy (non-hydrogen) atoms. The zero-order chi connectivity index (χ0) is 21.6. The number of anilines is 2. The van der Waals surface area contributed by atoms with Crippen LogP contribution in [0, 0.1) is 0 Å². The van der Waals surface area contributed by atoms with Crippen LogP contribution in [-0.4, -0.2) is 29.6 Å². The molecular weight excluding hydrogens is 401 g/mol. The third kappa shape index (κ3) is 3.13. The lowest BCUT2D eigenvalue weighted by Crippen LogP contribution is -2.26. The smallest absolute Gasteiger partial charge is 0.302 e. The number of aromatic nitrogens is 5. The number of pyridine rings is 1. The van der Waals surface area contributed by atoms with Crippen molar-refractivity contribution in [2.75, 3.05) is 4.90 Å². The Labute approximate surface area is 167 Å². The molecule has 0 radical (unpaired) electrons. The summed E-state index contributed by atoms with van der Waals surface area (Å²) in [7, 11) is 1.67. The number of halogens is 3. The number of nitrogens with zero attached hydrogens (tertiary/aromatic N) is 6. The molecule has 154 valence electrons. The van der Waals surface area contributed by atoms with Crippen LogP contribution in [0.4, 0.5) is 24.8 Å². The van der Waals surface area contributed by atoms with Crippen LogP contribution < -0.4 is 10.6 Å². The van der Waals surface area contributed by atoms with E-state index >= 15 is 0 Å². The number of hydrogen-bond acceptors (Lipinski definition) is 4. The summed E-state index contributed by atoms with van der Waals surface area (Å²) in [6.45, 7) is 1.34. The highest BCUT2D eigenvalue weighted by atomic mass is 19.4. The molecule has 0 fully saturated rings. The van der Waals surface area contributed by atoms with Gasteiger partial charge in [-0.05, 0) is 30.3 Å². The number of carbonyl (C=O) groups is 1. The average Bonchev–Trinajstić information content (AvgIpc) is 3.25. The SMILES string of the molecule is CC(=O)N(c1cccc(-n2cc3c(C(F)(F)F)cccn3c2=O)c1)c1nncn1C. The molecule has 0 aliphatic carbocycles. The van der Waals surface area contributed by atoms with Crippen LogP contribution in [0.1, 0.15) is 12.5 Å². The first-order valence-corrected chi connectivity index (χ1v) is 8.73. The van der Waals surface area contributed by atoms with Gasteiger partial charge in [0.25, 0.3) is 0 Å². The number of alkyl halides is 3. The standard InChI is InChI=1S/C19H15F3N6O2/c1-12(29)28(17-24-23-11-25(17)2)14-6-3-5-13(9-14)27-10-16-15(19(20,21)22)7-4-8-26(16)18(27)30/h3-11H,1-2H3. The van der Waals surface area contributed by atoms with Gasteiger partial charge in [0.2, 0.25) is 11.9 Å². The third-order valence-electron chi connectivity index (χ3n) is 4.57. The van der Waals surface area contributed by atoms with Crippen molar-refractivity contribution in [1.29, 1.82) is 0 Å². The fraction of sp³-hybridized carbons (Fsp3) is 0.158. The van der Waals surface area contributed by atoms with Crippen molar-refractivity contribution >= 4 is 23.1 Å². The van der Waals surface area contributed by atoms with Crippen LogP contribution >= 0.6 is 0 Å². The second-order valence-corrected chi connectivity index (χ2v) is 6.57. The number of rotatable bonds is 3. The molecule has 0 N–H and O–H groups in total. The van der Waals surface area contributed by atoms with E-state index in [1.165, 1.54) is 36.5 Å². The van der Waals surface area contributed by atoms with E-state index in [0.717, 1.165) is 21.2 Å². The van der Waals surface area contributed by atoms with Gasteiger partial charge in [0.1, 0.15) is 6.33 Å². The number of aryl methyl sites for hydroxylation is 1. The van der Waals surface area contributed by atoms with E-state index in [9.17, 15) is 22.8 Å². The van der Waals surface area contributed by atoms with E-state index in [2.05, 4.69) is 10.2 Å². The first-order chi connectivity index (χ1) is 14.2. The highest BCUT2D eigenvalue weighted by molar-refractivity contribution is 5.97. The number of amides is 1. The Morgan fingerprint density at radius 1 is 1.17 bits per heavy atom. The average molecular weight is 416 g/mol. The summed E-state index contributed by atoms with van der Waals surface area (Å²) in [5.74, 6) is -0.0922. The predicted molar refractivity (Wildman–Crippen MR) is 102 cm³/mol. The summed E-state index contributed by atoms with van der Waals surface area (Å²) >= 11 is 0. The molecule has 0 saturated carbocycles. The van der Waals surface area contributed by atoms with Gasteiger partial charge >= 0.3 is 11.9 Å². The second-order valence-electron chi connectivity index (χ2n) is 6.57. The van der Waals surface area contributed by atoms with Crippen molar-refractivity contribution in [1.82, 2.24) is 23.7 Å². The summed E-state index contributed by atoms with van der Waals surface area (Å²) in [6, 6.07) is 8.39. The minimum atomic E-state index is -4.61. The molecule has 11 heteroatoms. The van der Waals surface area contributed by atoms with Crippen LogP contribution in [0.5, 0.6) is 0 Å². The molecule has 0 saturated heterocycles. The Kier molecular flexibility index (Phi) is 4.45. The molecule has 0 bridgehead atoms. The minimum Gasteiger partial charge on any atom is -0.302 e. The zero-order valence-corrected chi connectivity index (χ0v) is 15.8. The van der Waals surface area contributed by atoms with Crippen LogP contribution in [-0.2, 0) is 18.0 Å². The van der Waals surface area contributed by atoms with Crippen molar-refractivity contribution in [2.45, 2.75) is 13.1 Å². The van der Waals surface area contributed by atoms with E-state index in [0.29, 0.717) is 11.4 Å².